The van der Waals surface area contributed by atoms with Gasteiger partial charge in [-0.1, -0.05) is 20.0 Å². The fraction of sp³-hybridized carbons (Fsp3) is 1.00. The third-order valence-corrected chi connectivity index (χ3v) is 8.14. The summed E-state index contributed by atoms with van der Waals surface area (Å²) in [6.07, 6.45) is 0. The van der Waals surface area contributed by atoms with E-state index in [4.69, 9.17) is 0 Å². The van der Waals surface area contributed by atoms with Crippen molar-refractivity contribution in [1.29, 1.82) is 0 Å². The molecule has 1 unspecified atom stereocenters. The monoisotopic (exact) mass is 146 g/mol. The van der Waals surface area contributed by atoms with E-state index in [0.717, 1.165) is 5.92 Å². The van der Waals surface area contributed by atoms with Crippen LogP contribution in [-0.2, 0) is 0 Å². The Morgan fingerprint density at radius 3 is 2.25 bits per heavy atom. The summed E-state index contributed by atoms with van der Waals surface area (Å²) < 4.78 is 0. The second-order valence-corrected chi connectivity index (χ2v) is 12.1. The Hall–Kier alpha value is 0.567. The highest BCUT2D eigenvalue weighted by Crippen LogP contribution is 2.37. The van der Waals surface area contributed by atoms with Crippen LogP contribution < -0.4 is 0 Å². The Labute approximate surface area is 56.7 Å². The summed E-state index contributed by atoms with van der Waals surface area (Å²) in [5, 5.41) is 0. The molecule has 0 aliphatic carbocycles. The molecule has 0 radical (unpaired) electrons. The third-order valence-electron chi connectivity index (χ3n) is 1.60. The molecule has 0 bridgehead atoms. The van der Waals surface area contributed by atoms with E-state index in [1.165, 1.54) is 11.8 Å². The van der Waals surface area contributed by atoms with Crippen LogP contribution in [0.2, 0.25) is 19.1 Å². The molecule has 1 saturated heterocycles. The molecule has 1 atom stereocenters. The van der Waals surface area contributed by atoms with E-state index in [1.54, 1.807) is 0 Å². The quantitative estimate of drug-likeness (QED) is 0.473. The molecule has 0 spiro atoms. The second-order valence-electron chi connectivity index (χ2n) is 3.38. The molecule has 0 aromatic heterocycles. The van der Waals surface area contributed by atoms with Gasteiger partial charge >= 0.3 is 0 Å². The first-order valence-corrected chi connectivity index (χ1v) is 8.16. The molecule has 0 N–H and O–H groups in total. The minimum absolute atomic E-state index is 0.687. The maximum atomic E-state index is 2.47. The molecule has 0 nitrogen and oxygen atoms in total. The van der Waals surface area contributed by atoms with Crippen molar-refractivity contribution < 1.29 is 0 Å². The van der Waals surface area contributed by atoms with Gasteiger partial charge in [0, 0.05) is 0 Å². The van der Waals surface area contributed by atoms with Crippen LogP contribution in [0.1, 0.15) is 6.92 Å². The Kier molecular flexibility index (Phi) is 1.73. The van der Waals surface area contributed by atoms with Crippen LogP contribution >= 0.6 is 11.2 Å². The zero-order valence-electron chi connectivity index (χ0n) is 5.90. The van der Waals surface area contributed by atoms with Gasteiger partial charge in [0.15, 0.2) is 0 Å². The fourth-order valence-electron chi connectivity index (χ4n) is 1.32. The van der Waals surface area contributed by atoms with Crippen LogP contribution in [0.4, 0.5) is 0 Å². The molecule has 48 valence electrons. The van der Waals surface area contributed by atoms with Crippen LogP contribution in [0.15, 0.2) is 0 Å². The largest absolute Gasteiger partial charge is 0.185 e. The summed E-state index contributed by atoms with van der Waals surface area (Å²) in [4.78, 5) is 0. The summed E-state index contributed by atoms with van der Waals surface area (Å²) in [6, 6.07) is 1.54. The summed E-state index contributed by atoms with van der Waals surface area (Å²) in [7, 11) is -0.687. The zero-order chi connectivity index (χ0) is 6.20. The van der Waals surface area contributed by atoms with Gasteiger partial charge in [-0.15, -0.1) is 0 Å². The molecule has 0 aromatic rings. The van der Waals surface area contributed by atoms with Crippen molar-refractivity contribution in [2.75, 3.05) is 5.75 Å². The maximum Gasteiger partial charge on any atom is 0.111 e. The van der Waals surface area contributed by atoms with Gasteiger partial charge < -0.3 is 0 Å². The van der Waals surface area contributed by atoms with E-state index < -0.39 is 7.22 Å². The standard InChI is InChI=1S/C6H14SSi/c1-6-4-7-8(2,3)5-6/h6H,4-5H2,1-3H3. The van der Waals surface area contributed by atoms with E-state index in [2.05, 4.69) is 31.2 Å². The summed E-state index contributed by atoms with van der Waals surface area (Å²) in [5.74, 6) is 2.45. The van der Waals surface area contributed by atoms with Crippen LogP contribution in [0.5, 0.6) is 0 Å². The van der Waals surface area contributed by atoms with Crippen molar-refractivity contribution in [1.82, 2.24) is 0 Å². The predicted molar refractivity (Wildman–Crippen MR) is 43.9 cm³/mol. The van der Waals surface area contributed by atoms with Gasteiger partial charge in [-0.25, -0.2) is 0 Å². The van der Waals surface area contributed by atoms with Gasteiger partial charge in [-0.05, 0) is 17.7 Å². The highest BCUT2D eigenvalue weighted by atomic mass is 32.4. The SMILES string of the molecule is CC1CS[Si](C)(C)C1. The van der Waals surface area contributed by atoms with Crippen molar-refractivity contribution >= 4 is 18.4 Å². The lowest BCUT2D eigenvalue weighted by Gasteiger charge is -2.10. The molecular weight excluding hydrogens is 132 g/mol. The predicted octanol–water partition coefficient (Wildman–Crippen LogP) is 2.57. The molecule has 1 heterocycles. The van der Waals surface area contributed by atoms with E-state index in [9.17, 15) is 0 Å². The van der Waals surface area contributed by atoms with Crippen molar-refractivity contribution in [3.63, 3.8) is 0 Å². The minimum atomic E-state index is -0.687. The maximum absolute atomic E-state index is 2.47. The first kappa shape index (κ1) is 6.68. The van der Waals surface area contributed by atoms with Gasteiger partial charge in [-0.3, -0.25) is 0 Å². The second kappa shape index (κ2) is 2.07. The first-order valence-electron chi connectivity index (χ1n) is 3.24. The van der Waals surface area contributed by atoms with Crippen LogP contribution in [0.3, 0.4) is 0 Å². The number of rotatable bonds is 0. The summed E-state index contributed by atoms with van der Waals surface area (Å²) in [6.45, 7) is 7.32. The number of hydrogen-bond donors (Lipinski definition) is 0. The van der Waals surface area contributed by atoms with Crippen molar-refractivity contribution in [2.45, 2.75) is 26.1 Å². The zero-order valence-corrected chi connectivity index (χ0v) is 7.72. The lowest BCUT2D eigenvalue weighted by molar-refractivity contribution is 0.752. The Bertz CT molecular complexity index is 90.5. The molecule has 1 aliphatic heterocycles. The molecule has 2 heteroatoms. The molecule has 1 fully saturated rings. The third kappa shape index (κ3) is 1.52. The smallest absolute Gasteiger partial charge is 0.111 e. The molecule has 0 saturated carbocycles. The Morgan fingerprint density at radius 2 is 2.12 bits per heavy atom. The number of hydrogen-bond acceptors (Lipinski definition) is 1. The average molecular weight is 146 g/mol. The van der Waals surface area contributed by atoms with Crippen LogP contribution in [0.25, 0.3) is 0 Å². The van der Waals surface area contributed by atoms with Gasteiger partial charge in [-0.2, -0.15) is 11.2 Å². The summed E-state index contributed by atoms with van der Waals surface area (Å²) >= 11 is 2.25. The van der Waals surface area contributed by atoms with E-state index >= 15 is 0 Å². The van der Waals surface area contributed by atoms with Gasteiger partial charge in [0.2, 0.25) is 0 Å². The Balaban J connectivity index is 2.44. The van der Waals surface area contributed by atoms with Gasteiger partial charge in [0.25, 0.3) is 0 Å². The van der Waals surface area contributed by atoms with Crippen LogP contribution in [0, 0.1) is 5.92 Å². The lowest BCUT2D eigenvalue weighted by atomic mass is 10.3. The highest BCUT2D eigenvalue weighted by molar-refractivity contribution is 8.29. The lowest BCUT2D eigenvalue weighted by Crippen LogP contribution is -2.15. The molecule has 0 amide bonds. The minimum Gasteiger partial charge on any atom is -0.185 e. The topological polar surface area (TPSA) is 0 Å². The first-order chi connectivity index (χ1) is 3.60. The van der Waals surface area contributed by atoms with Crippen LogP contribution in [-0.4, -0.2) is 13.0 Å². The molecule has 1 rings (SSSR count). The molecule has 1 aliphatic rings. The Morgan fingerprint density at radius 1 is 1.50 bits per heavy atom. The molecule has 0 aromatic carbocycles. The normalized spacial score (nSPS) is 35.6. The van der Waals surface area contributed by atoms with E-state index in [-0.39, 0.29) is 0 Å². The molecular formula is C6H14SSi. The molecule has 8 heavy (non-hydrogen) atoms. The van der Waals surface area contributed by atoms with Crippen molar-refractivity contribution in [3.8, 4) is 0 Å². The highest BCUT2D eigenvalue weighted by Gasteiger charge is 2.30. The average Bonchev–Trinajstić information content (AvgIpc) is 1.82. The van der Waals surface area contributed by atoms with Crippen molar-refractivity contribution in [3.05, 3.63) is 0 Å². The van der Waals surface area contributed by atoms with Gasteiger partial charge in [0.1, 0.15) is 7.22 Å². The van der Waals surface area contributed by atoms with Crippen molar-refractivity contribution in [2.24, 2.45) is 5.92 Å². The van der Waals surface area contributed by atoms with E-state index in [1.807, 2.05) is 0 Å². The van der Waals surface area contributed by atoms with E-state index in [0.29, 0.717) is 0 Å². The summed E-state index contributed by atoms with van der Waals surface area (Å²) in [5.41, 5.74) is 0. The van der Waals surface area contributed by atoms with Gasteiger partial charge in [0.05, 0.1) is 0 Å². The fourth-order valence-corrected chi connectivity index (χ4v) is 7.74.